The summed E-state index contributed by atoms with van der Waals surface area (Å²) in [6.07, 6.45) is 1.83. The van der Waals surface area contributed by atoms with Gasteiger partial charge in [-0.05, 0) is 36.1 Å². The Morgan fingerprint density at radius 2 is 2.15 bits per heavy atom. The third-order valence-electron chi connectivity index (χ3n) is 3.35. The second-order valence-electron chi connectivity index (χ2n) is 4.78. The maximum atomic E-state index is 11.9. The van der Waals surface area contributed by atoms with Crippen LogP contribution in [0.15, 0.2) is 18.2 Å². The number of hydrogen-bond acceptors (Lipinski definition) is 4. The third kappa shape index (κ3) is 3.35. The minimum atomic E-state index is -3.80. The van der Waals surface area contributed by atoms with E-state index in [1.54, 1.807) is 18.2 Å². The third-order valence-corrected chi connectivity index (χ3v) is 3.87. The zero-order chi connectivity index (χ0) is 14.8. The molecule has 7 heteroatoms. The van der Waals surface area contributed by atoms with E-state index in [2.05, 4.69) is 4.72 Å². The second kappa shape index (κ2) is 5.61. The smallest absolute Gasteiger partial charge is 0.296 e. The minimum absolute atomic E-state index is 0.139. The molecule has 1 aromatic rings. The number of aryl methyl sites for hydroxylation is 1. The molecule has 1 atom stereocenters. The van der Waals surface area contributed by atoms with Crippen LogP contribution in [0, 0.1) is 11.3 Å². The lowest BCUT2D eigenvalue weighted by molar-refractivity contribution is -0.121. The van der Waals surface area contributed by atoms with E-state index in [4.69, 9.17) is 10.4 Å². The summed E-state index contributed by atoms with van der Waals surface area (Å²) in [5.74, 6) is -0.123. The molecular weight excluding hydrogens is 278 g/mol. The Kier molecular flexibility index (Phi) is 4.06. The summed E-state index contributed by atoms with van der Waals surface area (Å²) in [5.41, 5.74) is 2.21. The molecule has 0 amide bonds. The Balaban J connectivity index is 2.31. The van der Waals surface area contributed by atoms with Crippen LogP contribution < -0.4 is 9.86 Å². The molecule has 20 heavy (non-hydrogen) atoms. The number of hydrogen-bond donors (Lipinski definition) is 2. The van der Waals surface area contributed by atoms with Gasteiger partial charge in [0, 0.05) is 18.8 Å². The van der Waals surface area contributed by atoms with Crippen molar-refractivity contribution in [2.75, 3.05) is 4.72 Å². The molecule has 3 N–H and O–H groups in total. The number of rotatable bonds is 4. The number of carbonyl (C=O) groups is 1. The fourth-order valence-corrected chi connectivity index (χ4v) is 2.98. The topological polar surface area (TPSA) is 113 Å². The van der Waals surface area contributed by atoms with E-state index < -0.39 is 10.2 Å². The fourth-order valence-electron chi connectivity index (χ4n) is 2.52. The van der Waals surface area contributed by atoms with Gasteiger partial charge in [0.25, 0.3) is 10.2 Å². The quantitative estimate of drug-likeness (QED) is 0.868. The highest BCUT2D eigenvalue weighted by molar-refractivity contribution is 7.90. The van der Waals surface area contributed by atoms with Crippen molar-refractivity contribution in [3.05, 3.63) is 29.3 Å². The zero-order valence-electron chi connectivity index (χ0n) is 10.8. The standard InChI is InChI=1S/C13H15N3O3S/c14-7-1-2-12-11-5-4-10(16-20(15,18)19)8-9(11)3-6-13(12)17/h4-5,8,12,16H,1-3,6H2,(H2,15,18,19)/t12-/m0/s1. The highest BCUT2D eigenvalue weighted by atomic mass is 32.2. The van der Waals surface area contributed by atoms with Crippen LogP contribution in [0.3, 0.4) is 0 Å². The van der Waals surface area contributed by atoms with Gasteiger partial charge < -0.3 is 0 Å². The van der Waals surface area contributed by atoms with Crippen LogP contribution in [0.1, 0.15) is 36.3 Å². The Labute approximate surface area is 117 Å². The molecule has 1 aromatic carbocycles. The molecule has 0 aliphatic heterocycles. The molecule has 6 nitrogen and oxygen atoms in total. The summed E-state index contributed by atoms with van der Waals surface area (Å²) in [4.78, 5) is 11.9. The first-order valence-corrected chi connectivity index (χ1v) is 7.78. The number of ketones is 1. The maximum Gasteiger partial charge on any atom is 0.296 e. The van der Waals surface area contributed by atoms with Gasteiger partial charge in [-0.2, -0.15) is 13.7 Å². The number of fused-ring (bicyclic) bond motifs is 1. The molecule has 0 unspecified atom stereocenters. The van der Waals surface area contributed by atoms with E-state index in [9.17, 15) is 13.2 Å². The van der Waals surface area contributed by atoms with Crippen molar-refractivity contribution in [1.29, 1.82) is 5.26 Å². The Hall–Kier alpha value is -1.91. The van der Waals surface area contributed by atoms with Crippen LogP contribution in [0.4, 0.5) is 5.69 Å². The van der Waals surface area contributed by atoms with E-state index in [1.165, 1.54) is 0 Å². The maximum absolute atomic E-state index is 11.9. The molecule has 0 spiro atoms. The zero-order valence-corrected chi connectivity index (χ0v) is 11.6. The Bertz CT molecular complexity index is 677. The highest BCUT2D eigenvalue weighted by Gasteiger charge is 2.27. The van der Waals surface area contributed by atoms with Crippen molar-refractivity contribution < 1.29 is 13.2 Å². The van der Waals surface area contributed by atoms with Gasteiger partial charge >= 0.3 is 0 Å². The van der Waals surface area contributed by atoms with Crippen LogP contribution in [0.5, 0.6) is 0 Å². The average molecular weight is 293 g/mol. The van der Waals surface area contributed by atoms with Crippen molar-refractivity contribution in [2.45, 2.75) is 31.6 Å². The lowest BCUT2D eigenvalue weighted by Gasteiger charge is -2.24. The van der Waals surface area contributed by atoms with E-state index in [1.807, 2.05) is 6.07 Å². The molecule has 0 bridgehead atoms. The first-order valence-electron chi connectivity index (χ1n) is 6.24. The van der Waals surface area contributed by atoms with E-state index in [0.717, 1.165) is 11.1 Å². The summed E-state index contributed by atoms with van der Waals surface area (Å²) in [6, 6.07) is 7.07. The first-order chi connectivity index (χ1) is 9.40. The van der Waals surface area contributed by atoms with Crippen molar-refractivity contribution in [3.8, 4) is 6.07 Å². The number of carbonyl (C=O) groups excluding carboxylic acids is 1. The van der Waals surface area contributed by atoms with Gasteiger partial charge in [0.1, 0.15) is 5.78 Å². The molecular formula is C13H15N3O3S. The molecule has 0 heterocycles. The van der Waals surface area contributed by atoms with Gasteiger partial charge in [-0.25, -0.2) is 5.14 Å². The number of anilines is 1. The predicted molar refractivity (Wildman–Crippen MR) is 74.1 cm³/mol. The van der Waals surface area contributed by atoms with Gasteiger partial charge in [-0.3, -0.25) is 9.52 Å². The Morgan fingerprint density at radius 3 is 2.80 bits per heavy atom. The van der Waals surface area contributed by atoms with Crippen LogP contribution in [0.2, 0.25) is 0 Å². The van der Waals surface area contributed by atoms with Crippen molar-refractivity contribution in [3.63, 3.8) is 0 Å². The van der Waals surface area contributed by atoms with E-state index in [0.29, 0.717) is 31.4 Å². The summed E-state index contributed by atoms with van der Waals surface area (Å²) >= 11 is 0. The van der Waals surface area contributed by atoms with Gasteiger partial charge in [0.2, 0.25) is 0 Å². The molecule has 106 valence electrons. The molecule has 0 fully saturated rings. The lowest BCUT2D eigenvalue weighted by Crippen LogP contribution is -2.23. The lowest BCUT2D eigenvalue weighted by atomic mass is 9.79. The number of Topliss-reactive ketones (excluding diaryl/α,β-unsaturated/α-hetero) is 1. The van der Waals surface area contributed by atoms with Gasteiger partial charge in [0.15, 0.2) is 0 Å². The number of nitrogens with zero attached hydrogens (tertiary/aromatic N) is 1. The molecule has 0 radical (unpaired) electrons. The molecule has 1 aliphatic carbocycles. The average Bonchev–Trinajstić information content (AvgIpc) is 2.36. The molecule has 0 aromatic heterocycles. The van der Waals surface area contributed by atoms with Crippen LogP contribution in [-0.2, 0) is 21.4 Å². The number of nitrogens with one attached hydrogen (secondary N) is 1. The van der Waals surface area contributed by atoms with E-state index in [-0.39, 0.29) is 11.7 Å². The summed E-state index contributed by atoms with van der Waals surface area (Å²) in [6.45, 7) is 0. The molecule has 0 saturated carbocycles. The van der Waals surface area contributed by atoms with E-state index >= 15 is 0 Å². The SMILES string of the molecule is N#CCC[C@@H]1C(=O)CCc2cc(NS(N)(=O)=O)ccc21. The largest absolute Gasteiger partial charge is 0.299 e. The molecule has 1 aliphatic rings. The molecule has 0 saturated heterocycles. The first kappa shape index (κ1) is 14.5. The number of benzene rings is 1. The predicted octanol–water partition coefficient (Wildman–Crippen LogP) is 1.20. The summed E-state index contributed by atoms with van der Waals surface area (Å²) in [5, 5.41) is 13.6. The highest BCUT2D eigenvalue weighted by Crippen LogP contribution is 2.33. The van der Waals surface area contributed by atoms with Gasteiger partial charge in [0.05, 0.1) is 11.8 Å². The van der Waals surface area contributed by atoms with Gasteiger partial charge in [-0.1, -0.05) is 6.07 Å². The van der Waals surface area contributed by atoms with Crippen molar-refractivity contribution >= 4 is 21.7 Å². The van der Waals surface area contributed by atoms with Crippen LogP contribution in [-0.4, -0.2) is 14.2 Å². The van der Waals surface area contributed by atoms with Crippen molar-refractivity contribution in [1.82, 2.24) is 0 Å². The summed E-state index contributed by atoms with van der Waals surface area (Å²) in [7, 11) is -3.80. The number of nitrogens with two attached hydrogens (primary N) is 1. The molecule has 2 rings (SSSR count). The normalized spacial score (nSPS) is 18.2. The Morgan fingerprint density at radius 1 is 1.40 bits per heavy atom. The van der Waals surface area contributed by atoms with Gasteiger partial charge in [-0.15, -0.1) is 0 Å². The minimum Gasteiger partial charge on any atom is -0.299 e. The number of nitriles is 1. The second-order valence-corrected chi connectivity index (χ2v) is 6.07. The van der Waals surface area contributed by atoms with Crippen molar-refractivity contribution in [2.24, 2.45) is 5.14 Å². The van der Waals surface area contributed by atoms with Crippen LogP contribution >= 0.6 is 0 Å². The monoisotopic (exact) mass is 293 g/mol. The summed E-state index contributed by atoms with van der Waals surface area (Å²) < 4.78 is 24.2. The fraction of sp³-hybridized carbons (Fsp3) is 0.385. The van der Waals surface area contributed by atoms with Crippen LogP contribution in [0.25, 0.3) is 0 Å².